The van der Waals surface area contributed by atoms with Crippen LogP contribution in [0, 0.1) is 0 Å². The van der Waals surface area contributed by atoms with E-state index < -0.39 is 18.5 Å². The van der Waals surface area contributed by atoms with E-state index in [1.165, 1.54) is 7.05 Å². The lowest BCUT2D eigenvalue weighted by Gasteiger charge is -2.15. The number of carbonyl (C=O) groups is 1. The molecule has 0 fully saturated rings. The average Bonchev–Trinajstić information content (AvgIpc) is 1.82. The van der Waals surface area contributed by atoms with Crippen molar-refractivity contribution in [1.82, 2.24) is 4.90 Å². The fraction of sp³-hybridized carbons (Fsp3) is 0.833. The van der Waals surface area contributed by atoms with Crippen LogP contribution < -0.4 is 0 Å². The lowest BCUT2D eigenvalue weighted by molar-refractivity contribution is -0.160. The SMILES string of the molecule is CCN(C)C(=O)CC(F)(F)F. The van der Waals surface area contributed by atoms with Gasteiger partial charge in [-0.2, -0.15) is 13.2 Å². The average molecular weight is 169 g/mol. The predicted octanol–water partition coefficient (Wildman–Crippen LogP) is 1.42. The zero-order valence-electron chi connectivity index (χ0n) is 6.40. The first-order chi connectivity index (χ1) is 4.87. The molecule has 0 aliphatic rings. The second-order valence-corrected chi connectivity index (χ2v) is 2.20. The molecule has 0 N–H and O–H groups in total. The lowest BCUT2D eigenvalue weighted by Crippen LogP contribution is -2.30. The van der Waals surface area contributed by atoms with Crippen molar-refractivity contribution in [2.24, 2.45) is 0 Å². The van der Waals surface area contributed by atoms with Crippen molar-refractivity contribution in [1.29, 1.82) is 0 Å². The van der Waals surface area contributed by atoms with Gasteiger partial charge in [0.15, 0.2) is 0 Å². The normalized spacial score (nSPS) is 11.4. The molecule has 0 heterocycles. The highest BCUT2D eigenvalue weighted by Gasteiger charge is 2.32. The van der Waals surface area contributed by atoms with Gasteiger partial charge in [-0.05, 0) is 6.92 Å². The van der Waals surface area contributed by atoms with Crippen molar-refractivity contribution in [3.8, 4) is 0 Å². The molecule has 66 valence electrons. The van der Waals surface area contributed by atoms with Crippen LogP contribution in [0.3, 0.4) is 0 Å². The lowest BCUT2D eigenvalue weighted by atomic mass is 10.3. The number of alkyl halides is 3. The maximum atomic E-state index is 11.6. The van der Waals surface area contributed by atoms with E-state index in [0.717, 1.165) is 4.90 Å². The number of rotatable bonds is 2. The Labute approximate surface area is 63.0 Å². The van der Waals surface area contributed by atoms with Crippen LogP contribution in [-0.4, -0.2) is 30.6 Å². The number of hydrogen-bond donors (Lipinski definition) is 0. The minimum Gasteiger partial charge on any atom is -0.346 e. The summed E-state index contributed by atoms with van der Waals surface area (Å²) in [5, 5.41) is 0. The van der Waals surface area contributed by atoms with Crippen molar-refractivity contribution in [3.05, 3.63) is 0 Å². The molecular formula is C6H10F3NO. The van der Waals surface area contributed by atoms with Gasteiger partial charge in [0.05, 0.1) is 0 Å². The Morgan fingerprint density at radius 2 is 1.91 bits per heavy atom. The molecule has 5 heteroatoms. The summed E-state index contributed by atoms with van der Waals surface area (Å²) in [6.45, 7) is 1.92. The van der Waals surface area contributed by atoms with Crippen molar-refractivity contribution in [2.75, 3.05) is 13.6 Å². The van der Waals surface area contributed by atoms with Gasteiger partial charge in [0, 0.05) is 13.6 Å². The molecule has 11 heavy (non-hydrogen) atoms. The van der Waals surface area contributed by atoms with E-state index in [2.05, 4.69) is 0 Å². The van der Waals surface area contributed by atoms with Gasteiger partial charge in [0.25, 0.3) is 0 Å². The zero-order chi connectivity index (χ0) is 9.07. The monoisotopic (exact) mass is 169 g/mol. The molecule has 0 aromatic heterocycles. The van der Waals surface area contributed by atoms with Crippen molar-refractivity contribution in [2.45, 2.75) is 19.5 Å². The van der Waals surface area contributed by atoms with Gasteiger partial charge in [-0.25, -0.2) is 0 Å². The van der Waals surface area contributed by atoms with Gasteiger partial charge < -0.3 is 4.90 Å². The molecule has 0 radical (unpaired) electrons. The Balaban J connectivity index is 3.88. The summed E-state index contributed by atoms with van der Waals surface area (Å²) in [6, 6.07) is 0. The molecule has 0 atom stereocenters. The Kier molecular flexibility index (Phi) is 3.35. The van der Waals surface area contributed by atoms with Gasteiger partial charge in [-0.15, -0.1) is 0 Å². The molecule has 1 amide bonds. The third-order valence-electron chi connectivity index (χ3n) is 1.25. The Morgan fingerprint density at radius 1 is 1.45 bits per heavy atom. The molecule has 2 nitrogen and oxygen atoms in total. The number of amides is 1. The van der Waals surface area contributed by atoms with Gasteiger partial charge in [0.2, 0.25) is 5.91 Å². The smallest absolute Gasteiger partial charge is 0.346 e. The van der Waals surface area contributed by atoms with Crippen LogP contribution in [0.4, 0.5) is 13.2 Å². The Morgan fingerprint density at radius 3 is 2.18 bits per heavy atom. The largest absolute Gasteiger partial charge is 0.397 e. The van der Waals surface area contributed by atoms with E-state index in [1.807, 2.05) is 0 Å². The van der Waals surface area contributed by atoms with Crippen LogP contribution in [-0.2, 0) is 4.79 Å². The molecule has 0 saturated carbocycles. The molecule has 0 rings (SSSR count). The molecule has 0 spiro atoms. The number of hydrogen-bond acceptors (Lipinski definition) is 1. The van der Waals surface area contributed by atoms with Gasteiger partial charge in [0.1, 0.15) is 6.42 Å². The van der Waals surface area contributed by atoms with Gasteiger partial charge in [-0.3, -0.25) is 4.79 Å². The number of nitrogens with zero attached hydrogens (tertiary/aromatic N) is 1. The highest BCUT2D eigenvalue weighted by Crippen LogP contribution is 2.19. The quantitative estimate of drug-likeness (QED) is 0.612. The summed E-state index contributed by atoms with van der Waals surface area (Å²) in [4.78, 5) is 11.6. The predicted molar refractivity (Wildman–Crippen MR) is 34.0 cm³/mol. The minimum absolute atomic E-state index is 0.301. The highest BCUT2D eigenvalue weighted by atomic mass is 19.4. The summed E-state index contributed by atoms with van der Waals surface area (Å²) >= 11 is 0. The standard InChI is InChI=1S/C6H10F3NO/c1-3-10(2)5(11)4-6(7,8)9/h3-4H2,1-2H3. The van der Waals surface area contributed by atoms with E-state index in [-0.39, 0.29) is 0 Å². The number of carbonyl (C=O) groups excluding carboxylic acids is 1. The fourth-order valence-electron chi connectivity index (χ4n) is 0.483. The first kappa shape index (κ1) is 10.3. The molecule has 0 saturated heterocycles. The van der Waals surface area contributed by atoms with Crippen LogP contribution in [0.5, 0.6) is 0 Å². The van der Waals surface area contributed by atoms with E-state index >= 15 is 0 Å². The van der Waals surface area contributed by atoms with E-state index in [0.29, 0.717) is 6.54 Å². The van der Waals surface area contributed by atoms with Crippen molar-refractivity contribution < 1.29 is 18.0 Å². The maximum Gasteiger partial charge on any atom is 0.397 e. The molecule has 0 aliphatic carbocycles. The minimum atomic E-state index is -4.39. The Hall–Kier alpha value is -0.740. The van der Waals surface area contributed by atoms with Crippen LogP contribution in [0.15, 0.2) is 0 Å². The molecule has 0 aliphatic heterocycles. The molecule has 0 unspecified atom stereocenters. The van der Waals surface area contributed by atoms with Crippen LogP contribution in [0.1, 0.15) is 13.3 Å². The zero-order valence-corrected chi connectivity index (χ0v) is 6.40. The second-order valence-electron chi connectivity index (χ2n) is 2.20. The molecule has 0 aromatic carbocycles. The summed E-state index contributed by atoms with van der Waals surface area (Å²) in [5.74, 6) is -0.889. The molecule has 0 aromatic rings. The third kappa shape index (κ3) is 4.64. The van der Waals surface area contributed by atoms with E-state index in [1.54, 1.807) is 6.92 Å². The molecular weight excluding hydrogens is 159 g/mol. The number of halogens is 3. The van der Waals surface area contributed by atoms with Gasteiger partial charge in [-0.1, -0.05) is 0 Å². The topological polar surface area (TPSA) is 20.3 Å². The maximum absolute atomic E-state index is 11.6. The first-order valence-corrected chi connectivity index (χ1v) is 3.17. The fourth-order valence-corrected chi connectivity index (χ4v) is 0.483. The third-order valence-corrected chi connectivity index (χ3v) is 1.25. The highest BCUT2D eigenvalue weighted by molar-refractivity contribution is 5.76. The Bertz CT molecular complexity index is 143. The van der Waals surface area contributed by atoms with Crippen LogP contribution in [0.25, 0.3) is 0 Å². The van der Waals surface area contributed by atoms with Gasteiger partial charge >= 0.3 is 6.18 Å². The summed E-state index contributed by atoms with van der Waals surface area (Å²) in [6.07, 6.45) is -5.75. The van der Waals surface area contributed by atoms with E-state index in [4.69, 9.17) is 0 Å². The summed E-state index contributed by atoms with van der Waals surface area (Å²) in [7, 11) is 1.34. The van der Waals surface area contributed by atoms with Crippen molar-refractivity contribution in [3.63, 3.8) is 0 Å². The van der Waals surface area contributed by atoms with E-state index in [9.17, 15) is 18.0 Å². The first-order valence-electron chi connectivity index (χ1n) is 3.17. The summed E-state index contributed by atoms with van der Waals surface area (Å²) in [5.41, 5.74) is 0. The second kappa shape index (κ2) is 3.59. The van der Waals surface area contributed by atoms with Crippen molar-refractivity contribution >= 4 is 5.91 Å². The van der Waals surface area contributed by atoms with Crippen LogP contribution in [0.2, 0.25) is 0 Å². The molecule has 0 bridgehead atoms. The van der Waals surface area contributed by atoms with Crippen LogP contribution >= 0.6 is 0 Å². The summed E-state index contributed by atoms with van der Waals surface area (Å²) < 4.78 is 34.7.